The minimum absolute atomic E-state index is 0.152. The molecule has 2 amide bonds. The number of allylic oxidation sites excluding steroid dienone is 2. The summed E-state index contributed by atoms with van der Waals surface area (Å²) in [5.41, 5.74) is 6.78. The Hall–Kier alpha value is -1.82. The molecular formula is C13H15NO2. The fourth-order valence-electron chi connectivity index (χ4n) is 1.59. The quantitative estimate of drug-likeness (QED) is 0.497. The van der Waals surface area contributed by atoms with Gasteiger partial charge in [0.15, 0.2) is 0 Å². The average molecular weight is 217 g/mol. The van der Waals surface area contributed by atoms with Gasteiger partial charge in [0.25, 0.3) is 5.91 Å². The molecule has 1 saturated heterocycles. The molecule has 0 N–H and O–H groups in total. The molecule has 0 saturated carbocycles. The van der Waals surface area contributed by atoms with E-state index in [4.69, 9.17) is 0 Å². The molecule has 3 nitrogen and oxygen atoms in total. The average Bonchev–Trinajstić information content (AvgIpc) is 2.32. The van der Waals surface area contributed by atoms with E-state index >= 15 is 0 Å². The topological polar surface area (TPSA) is 37.4 Å². The van der Waals surface area contributed by atoms with Crippen LogP contribution in [0.3, 0.4) is 0 Å². The summed E-state index contributed by atoms with van der Waals surface area (Å²) >= 11 is 0. The largest absolute Gasteiger partial charge is 0.278 e. The molecule has 2 rings (SSSR count). The van der Waals surface area contributed by atoms with E-state index in [9.17, 15) is 9.59 Å². The lowest BCUT2D eigenvalue weighted by atomic mass is 9.95. The lowest BCUT2D eigenvalue weighted by molar-refractivity contribution is -0.143. The van der Waals surface area contributed by atoms with Gasteiger partial charge >= 0.3 is 0 Å². The van der Waals surface area contributed by atoms with E-state index in [0.717, 1.165) is 0 Å². The first kappa shape index (κ1) is 12.3. The predicted octanol–water partition coefficient (Wildman–Crippen LogP) is 1.97. The molecular weight excluding hydrogens is 202 g/mol. The number of piperidine rings is 1. The van der Waals surface area contributed by atoms with Gasteiger partial charge in [0.2, 0.25) is 5.91 Å². The molecule has 0 unspecified atom stereocenters. The smallest absolute Gasteiger partial charge is 0.261 e. The fraction of sp³-hybridized carbons (Fsp3) is 0.385. The number of imide groups is 1. The van der Waals surface area contributed by atoms with E-state index in [2.05, 4.69) is 11.5 Å². The van der Waals surface area contributed by atoms with Crippen LogP contribution in [-0.4, -0.2) is 23.3 Å². The second-order valence-electron chi connectivity index (χ2n) is 3.11. The number of nitrogens with zero attached hydrogens (tertiary/aromatic N) is 1. The van der Waals surface area contributed by atoms with E-state index in [1.165, 1.54) is 4.90 Å². The number of carbonyl (C=O) groups is 2. The number of likely N-dealkylation sites (tertiary alicyclic amines) is 1. The number of rotatable bonds is 1. The van der Waals surface area contributed by atoms with E-state index in [-0.39, 0.29) is 18.2 Å². The standard InChI is InChI=1S/C11H9NO2.C2H6/c1-2-12-10(13)7-8-5-3-4-6-9(8)11(12)14;1-2/h4,6H,2,7H2,1H3;1-2H3. The van der Waals surface area contributed by atoms with Crippen molar-refractivity contribution in [2.24, 2.45) is 0 Å². The summed E-state index contributed by atoms with van der Waals surface area (Å²) in [5, 5.41) is 0. The highest BCUT2D eigenvalue weighted by atomic mass is 16.2. The molecule has 0 spiro atoms. The van der Waals surface area contributed by atoms with Crippen LogP contribution in [-0.2, 0) is 9.59 Å². The molecule has 0 bridgehead atoms. The van der Waals surface area contributed by atoms with Crippen LogP contribution in [0.25, 0.3) is 0 Å². The van der Waals surface area contributed by atoms with Crippen LogP contribution in [0.15, 0.2) is 34.8 Å². The van der Waals surface area contributed by atoms with Crippen LogP contribution < -0.4 is 0 Å². The first-order chi connectivity index (χ1) is 7.74. The van der Waals surface area contributed by atoms with Gasteiger partial charge in [-0.15, -0.1) is 0 Å². The van der Waals surface area contributed by atoms with Crippen LogP contribution in [0.4, 0.5) is 0 Å². The molecule has 1 aliphatic heterocycles. The van der Waals surface area contributed by atoms with Crippen molar-refractivity contribution in [1.82, 2.24) is 4.90 Å². The number of hydrogen-bond acceptors (Lipinski definition) is 2. The maximum atomic E-state index is 11.7. The van der Waals surface area contributed by atoms with E-state index in [1.807, 2.05) is 13.8 Å². The Morgan fingerprint density at radius 2 is 2.06 bits per heavy atom. The lowest BCUT2D eigenvalue weighted by Crippen LogP contribution is -2.42. The molecule has 0 aromatic heterocycles. The third-order valence-corrected chi connectivity index (χ3v) is 2.30. The second-order valence-corrected chi connectivity index (χ2v) is 3.11. The molecule has 0 aromatic carbocycles. The second kappa shape index (κ2) is 5.32. The van der Waals surface area contributed by atoms with Crippen molar-refractivity contribution >= 4 is 11.8 Å². The maximum Gasteiger partial charge on any atom is 0.261 e. The van der Waals surface area contributed by atoms with Crippen LogP contribution in [0, 0.1) is 0 Å². The van der Waals surface area contributed by atoms with Gasteiger partial charge in [-0.05, 0) is 19.1 Å². The minimum Gasteiger partial charge on any atom is -0.278 e. The molecule has 1 fully saturated rings. The summed E-state index contributed by atoms with van der Waals surface area (Å²) in [6.45, 7) is 6.22. The first-order valence-corrected chi connectivity index (χ1v) is 5.50. The molecule has 1 heterocycles. The van der Waals surface area contributed by atoms with Gasteiger partial charge in [0.1, 0.15) is 0 Å². The summed E-state index contributed by atoms with van der Waals surface area (Å²) in [7, 11) is 0. The SMILES string of the molecule is CC.CCN1C(=O)CC2=C=C=CC=C2C1=O. The van der Waals surface area contributed by atoms with Crippen LogP contribution in [0.1, 0.15) is 27.2 Å². The number of amides is 2. The number of hydrogen-bond donors (Lipinski definition) is 0. The van der Waals surface area contributed by atoms with Gasteiger partial charge in [0, 0.05) is 12.1 Å². The third kappa shape index (κ3) is 2.06. The Labute approximate surface area is 95.4 Å². The predicted molar refractivity (Wildman–Crippen MR) is 61.6 cm³/mol. The van der Waals surface area contributed by atoms with Crippen molar-refractivity contribution < 1.29 is 9.59 Å². The molecule has 16 heavy (non-hydrogen) atoms. The van der Waals surface area contributed by atoms with E-state index in [1.54, 1.807) is 19.1 Å². The van der Waals surface area contributed by atoms with Crippen molar-refractivity contribution in [2.75, 3.05) is 6.54 Å². The Balaban J connectivity index is 0.000000606. The molecule has 0 radical (unpaired) electrons. The van der Waals surface area contributed by atoms with Gasteiger partial charge in [-0.25, -0.2) is 0 Å². The van der Waals surface area contributed by atoms with Crippen molar-refractivity contribution in [1.29, 1.82) is 0 Å². The number of likely N-dealkylation sites (N-methyl/N-ethyl adjacent to an activating group) is 1. The minimum atomic E-state index is -0.219. The highest BCUT2D eigenvalue weighted by molar-refractivity contribution is 6.11. The van der Waals surface area contributed by atoms with Crippen molar-refractivity contribution in [3.8, 4) is 0 Å². The molecule has 0 aromatic rings. The Bertz CT molecular complexity index is 445. The molecule has 1 aliphatic carbocycles. The molecule has 3 heteroatoms. The zero-order chi connectivity index (χ0) is 12.1. The highest BCUT2D eigenvalue weighted by Gasteiger charge is 2.32. The van der Waals surface area contributed by atoms with Crippen LogP contribution in [0.5, 0.6) is 0 Å². The normalized spacial score (nSPS) is 17.3. The zero-order valence-corrected chi connectivity index (χ0v) is 9.83. The van der Waals surface area contributed by atoms with E-state index in [0.29, 0.717) is 17.7 Å². The van der Waals surface area contributed by atoms with Crippen molar-refractivity contribution in [3.63, 3.8) is 0 Å². The van der Waals surface area contributed by atoms with Gasteiger partial charge in [-0.1, -0.05) is 25.3 Å². The Kier molecular flexibility index (Phi) is 4.07. The van der Waals surface area contributed by atoms with Gasteiger partial charge in [-0.3, -0.25) is 14.5 Å². The summed E-state index contributed by atoms with van der Waals surface area (Å²) in [5.74, 6) is -0.371. The summed E-state index contributed by atoms with van der Waals surface area (Å²) in [4.78, 5) is 24.5. The van der Waals surface area contributed by atoms with Crippen LogP contribution in [0.2, 0.25) is 0 Å². The van der Waals surface area contributed by atoms with E-state index < -0.39 is 0 Å². The third-order valence-electron chi connectivity index (χ3n) is 2.30. The maximum absolute atomic E-state index is 11.7. The summed E-state index contributed by atoms with van der Waals surface area (Å²) in [6.07, 6.45) is 3.58. The van der Waals surface area contributed by atoms with Crippen molar-refractivity contribution in [2.45, 2.75) is 27.2 Å². The summed E-state index contributed by atoms with van der Waals surface area (Å²) < 4.78 is 0. The van der Waals surface area contributed by atoms with Gasteiger partial charge < -0.3 is 0 Å². The lowest BCUT2D eigenvalue weighted by Gasteiger charge is -2.26. The summed E-state index contributed by atoms with van der Waals surface area (Å²) in [6, 6.07) is 0. The monoisotopic (exact) mass is 217 g/mol. The highest BCUT2D eigenvalue weighted by Crippen LogP contribution is 2.24. The van der Waals surface area contributed by atoms with Gasteiger partial charge in [-0.2, -0.15) is 0 Å². The van der Waals surface area contributed by atoms with Gasteiger partial charge in [0.05, 0.1) is 12.0 Å². The first-order valence-electron chi connectivity index (χ1n) is 5.50. The van der Waals surface area contributed by atoms with Crippen molar-refractivity contribution in [3.05, 3.63) is 34.8 Å². The molecule has 0 atom stereocenters. The molecule has 2 aliphatic rings. The number of fused-ring (bicyclic) bond motifs is 1. The molecule has 84 valence electrons. The Morgan fingerprint density at radius 3 is 2.69 bits per heavy atom. The fourth-order valence-corrected chi connectivity index (χ4v) is 1.59. The number of carbonyl (C=O) groups excluding carboxylic acids is 2. The zero-order valence-electron chi connectivity index (χ0n) is 9.83. The Morgan fingerprint density at radius 1 is 1.38 bits per heavy atom. The van der Waals surface area contributed by atoms with Crippen LogP contribution >= 0.6 is 0 Å².